The van der Waals surface area contributed by atoms with E-state index in [0.29, 0.717) is 23.4 Å². The fourth-order valence-corrected chi connectivity index (χ4v) is 6.08. The molecule has 1 aromatic heterocycles. The van der Waals surface area contributed by atoms with Gasteiger partial charge in [0.1, 0.15) is 6.33 Å². The molecule has 168 valence electrons. The molecule has 2 heterocycles. The van der Waals surface area contributed by atoms with Crippen molar-refractivity contribution in [1.29, 1.82) is 0 Å². The Bertz CT molecular complexity index is 936. The Morgan fingerprint density at radius 2 is 2.13 bits per heavy atom. The van der Waals surface area contributed by atoms with Crippen molar-refractivity contribution < 1.29 is 9.69 Å². The summed E-state index contributed by atoms with van der Waals surface area (Å²) in [6, 6.07) is 0. The maximum atomic E-state index is 12.3. The number of nitrogens with zero attached hydrogens (tertiary/aromatic N) is 3. The number of carbonyl (C=O) groups is 1. The predicted molar refractivity (Wildman–Crippen MR) is 125 cm³/mol. The van der Waals surface area contributed by atoms with Crippen molar-refractivity contribution in [1.82, 2.24) is 9.97 Å². The van der Waals surface area contributed by atoms with E-state index < -0.39 is 0 Å². The van der Waals surface area contributed by atoms with Gasteiger partial charge in [0.2, 0.25) is 0 Å². The Balaban J connectivity index is 1.44. The van der Waals surface area contributed by atoms with E-state index >= 15 is 0 Å². The quantitative estimate of drug-likeness (QED) is 0.708. The number of hydrogen-bond acceptors (Lipinski definition) is 5. The van der Waals surface area contributed by atoms with Crippen LogP contribution >= 0.6 is 0 Å². The normalized spacial score (nSPS) is 31.1. The molecule has 3 aliphatic rings. The number of nitrogens with two attached hydrogens (primary N) is 1. The fourth-order valence-electron chi connectivity index (χ4n) is 6.08. The highest BCUT2D eigenvalue weighted by Gasteiger charge is 2.45. The summed E-state index contributed by atoms with van der Waals surface area (Å²) in [5, 5.41) is 0. The van der Waals surface area contributed by atoms with E-state index in [0.717, 1.165) is 56.0 Å². The standard InChI is InChI=1S/C25H37N5O/c1-16(11-13-30-15-29(5)24-22(30)23(26)27-14-28-24)10-12-25(4)17(2)6-7-19-18(3)21(31)9-8-20(19)25/h11,14,17,20H,6-10,12-13,15H2,1-5H3,(H2,26,27,28)/p+1. The molecule has 4 atom stereocenters. The third kappa shape index (κ3) is 3.91. The summed E-state index contributed by atoms with van der Waals surface area (Å²) in [7, 11) is 2.12. The average molecular weight is 425 g/mol. The van der Waals surface area contributed by atoms with Crippen LogP contribution in [0.1, 0.15) is 66.2 Å². The number of fused-ring (bicyclic) bond motifs is 2. The molecular formula is C25H38N5O+. The van der Waals surface area contributed by atoms with E-state index in [2.05, 4.69) is 55.7 Å². The van der Waals surface area contributed by atoms with Gasteiger partial charge in [-0.2, -0.15) is 4.98 Å². The van der Waals surface area contributed by atoms with Gasteiger partial charge < -0.3 is 10.6 Å². The zero-order chi connectivity index (χ0) is 22.3. The predicted octanol–water partition coefficient (Wildman–Crippen LogP) is 3.44. The molecule has 3 N–H and O–H groups in total. The van der Waals surface area contributed by atoms with E-state index in [1.165, 1.54) is 28.9 Å². The summed E-state index contributed by atoms with van der Waals surface area (Å²) in [6.45, 7) is 10.9. The van der Waals surface area contributed by atoms with E-state index in [-0.39, 0.29) is 5.41 Å². The first-order valence-electron chi connectivity index (χ1n) is 11.8. The van der Waals surface area contributed by atoms with Gasteiger partial charge >= 0.3 is 0 Å². The highest BCUT2D eigenvalue weighted by Crippen LogP contribution is 2.55. The summed E-state index contributed by atoms with van der Waals surface area (Å²) < 4.78 is 0. The zero-order valence-corrected chi connectivity index (χ0v) is 19.8. The fraction of sp³-hybridized carbons (Fsp3) is 0.640. The molecule has 0 spiro atoms. The van der Waals surface area contributed by atoms with Crippen molar-refractivity contribution in [3.8, 4) is 0 Å². The van der Waals surface area contributed by atoms with Crippen LogP contribution in [-0.4, -0.2) is 36.0 Å². The SMILES string of the molecule is CC(=CCN1C[NH+](C)c2ncnc(N)c21)CCC1(C)C(C)CCC2=C(C)C(=O)CCC21. The van der Waals surface area contributed by atoms with Crippen LogP contribution in [-0.2, 0) is 4.79 Å². The van der Waals surface area contributed by atoms with Crippen molar-refractivity contribution in [2.24, 2.45) is 17.3 Å². The second-order valence-electron chi connectivity index (χ2n) is 10.3. The van der Waals surface area contributed by atoms with Crippen molar-refractivity contribution in [2.75, 3.05) is 30.9 Å². The van der Waals surface area contributed by atoms with Crippen LogP contribution in [0.15, 0.2) is 29.1 Å². The maximum Gasteiger partial charge on any atom is 0.256 e. The van der Waals surface area contributed by atoms with Crippen molar-refractivity contribution in [3.63, 3.8) is 0 Å². The molecule has 4 rings (SSSR count). The number of aromatic nitrogens is 2. The molecule has 6 heteroatoms. The molecule has 4 unspecified atom stereocenters. The molecule has 2 aliphatic carbocycles. The lowest BCUT2D eigenvalue weighted by atomic mass is 9.54. The average Bonchev–Trinajstić information content (AvgIpc) is 3.07. The molecular weight excluding hydrogens is 386 g/mol. The summed E-state index contributed by atoms with van der Waals surface area (Å²) in [4.78, 5) is 24.4. The first-order valence-corrected chi connectivity index (χ1v) is 11.8. The number of ketones is 1. The first kappa shape index (κ1) is 22.0. The van der Waals surface area contributed by atoms with Crippen molar-refractivity contribution in [2.45, 2.75) is 66.2 Å². The number of rotatable bonds is 5. The van der Waals surface area contributed by atoms with Crippen LogP contribution < -0.4 is 15.5 Å². The summed E-state index contributed by atoms with van der Waals surface area (Å²) >= 11 is 0. The van der Waals surface area contributed by atoms with Gasteiger partial charge in [-0.05, 0) is 68.8 Å². The topological polar surface area (TPSA) is 76.6 Å². The monoisotopic (exact) mass is 424 g/mol. The molecule has 0 bridgehead atoms. The Morgan fingerprint density at radius 3 is 2.90 bits per heavy atom. The van der Waals surface area contributed by atoms with Crippen molar-refractivity contribution >= 4 is 23.1 Å². The number of carbonyl (C=O) groups excluding carboxylic acids is 1. The Kier molecular flexibility index (Phi) is 5.95. The van der Waals surface area contributed by atoms with Crippen LogP contribution in [0.3, 0.4) is 0 Å². The van der Waals surface area contributed by atoms with Crippen LogP contribution in [0, 0.1) is 17.3 Å². The molecule has 0 radical (unpaired) electrons. The molecule has 0 amide bonds. The number of hydrogen-bond donors (Lipinski definition) is 2. The Labute approximate surface area is 186 Å². The van der Waals surface area contributed by atoms with Gasteiger partial charge in [0, 0.05) is 13.0 Å². The Hall–Kier alpha value is -2.21. The summed E-state index contributed by atoms with van der Waals surface area (Å²) in [5.74, 6) is 3.19. The maximum absolute atomic E-state index is 12.3. The van der Waals surface area contributed by atoms with Gasteiger partial charge in [-0.1, -0.05) is 31.1 Å². The van der Waals surface area contributed by atoms with E-state index in [1.54, 1.807) is 6.33 Å². The molecule has 0 aromatic carbocycles. The zero-order valence-electron chi connectivity index (χ0n) is 19.8. The first-order chi connectivity index (χ1) is 14.7. The van der Waals surface area contributed by atoms with Gasteiger partial charge in [-0.25, -0.2) is 4.98 Å². The number of Topliss-reactive ketones (excluding diaryl/α,β-unsaturated/α-hetero) is 1. The molecule has 6 nitrogen and oxygen atoms in total. The number of quaternary nitrogens is 1. The van der Waals surface area contributed by atoms with Crippen LogP contribution in [0.2, 0.25) is 0 Å². The lowest BCUT2D eigenvalue weighted by Gasteiger charge is -2.50. The summed E-state index contributed by atoms with van der Waals surface area (Å²) in [6.07, 6.45) is 10.3. The Morgan fingerprint density at radius 1 is 1.35 bits per heavy atom. The molecule has 1 saturated carbocycles. The summed E-state index contributed by atoms with van der Waals surface area (Å²) in [5.41, 5.74) is 11.4. The molecule has 31 heavy (non-hydrogen) atoms. The van der Waals surface area contributed by atoms with Crippen LogP contribution in [0.4, 0.5) is 17.3 Å². The van der Waals surface area contributed by atoms with Gasteiger partial charge in [-0.15, -0.1) is 0 Å². The second kappa shape index (κ2) is 8.38. The number of nitrogens with one attached hydrogen (secondary N) is 1. The lowest BCUT2D eigenvalue weighted by molar-refractivity contribution is -0.805. The van der Waals surface area contributed by atoms with E-state index in [4.69, 9.17) is 5.73 Å². The smallest absolute Gasteiger partial charge is 0.256 e. The third-order valence-electron chi connectivity index (χ3n) is 8.47. The van der Waals surface area contributed by atoms with Crippen molar-refractivity contribution in [3.05, 3.63) is 29.1 Å². The van der Waals surface area contributed by atoms with Gasteiger partial charge in [0.15, 0.2) is 24.0 Å². The van der Waals surface area contributed by atoms with Gasteiger partial charge in [0.25, 0.3) is 5.82 Å². The van der Waals surface area contributed by atoms with Crippen LogP contribution in [0.25, 0.3) is 0 Å². The number of nitrogen functional groups attached to an aromatic ring is 1. The molecule has 1 fully saturated rings. The van der Waals surface area contributed by atoms with Gasteiger partial charge in [0.05, 0.1) is 7.05 Å². The minimum atomic E-state index is 0.271. The highest BCUT2D eigenvalue weighted by molar-refractivity contribution is 5.96. The number of allylic oxidation sites excluding steroid dienone is 3. The molecule has 1 aliphatic heterocycles. The highest BCUT2D eigenvalue weighted by atomic mass is 16.1. The van der Waals surface area contributed by atoms with E-state index in [1.807, 2.05) is 0 Å². The van der Waals surface area contributed by atoms with E-state index in [9.17, 15) is 4.79 Å². The van der Waals surface area contributed by atoms with Crippen LogP contribution in [0.5, 0.6) is 0 Å². The third-order valence-corrected chi connectivity index (χ3v) is 8.47. The largest absolute Gasteiger partial charge is 0.382 e. The molecule has 1 aromatic rings. The minimum absolute atomic E-state index is 0.271. The molecule has 0 saturated heterocycles. The lowest BCUT2D eigenvalue weighted by Crippen LogP contribution is -3.03. The minimum Gasteiger partial charge on any atom is -0.382 e. The van der Waals surface area contributed by atoms with Gasteiger partial charge in [-0.3, -0.25) is 9.69 Å². The number of anilines is 2. The second-order valence-corrected chi connectivity index (χ2v) is 10.3.